The Hall–Kier alpha value is -6.04. The third-order valence-electron chi connectivity index (χ3n) is 21.4. The number of fused-ring (bicyclic) bond motifs is 12. The number of hydrogen-bond donors (Lipinski definition) is 0. The zero-order valence-electron chi connectivity index (χ0n) is 52.1. The van der Waals surface area contributed by atoms with E-state index in [1.54, 1.807) is 0 Å². The zero-order valence-corrected chi connectivity index (χ0v) is 52.9. The fraction of sp³-hybridized carbons (Fsp3) is 0.421. The van der Waals surface area contributed by atoms with Gasteiger partial charge in [0.2, 0.25) is 0 Å². The Morgan fingerprint density at radius 3 is 1.38 bits per heavy atom. The monoisotopic (exact) mass is 1080 g/mol. The van der Waals surface area contributed by atoms with Crippen molar-refractivity contribution in [3.8, 4) is 5.69 Å². The molecule has 0 N–H and O–H groups in total. The van der Waals surface area contributed by atoms with Crippen LogP contribution in [0.3, 0.4) is 0 Å². The van der Waals surface area contributed by atoms with Gasteiger partial charge in [-0.3, -0.25) is 0 Å². The molecule has 7 aromatic carbocycles. The van der Waals surface area contributed by atoms with Crippen molar-refractivity contribution in [2.45, 2.75) is 206 Å². The Balaban J connectivity index is 1.19. The molecule has 0 amide bonds. The first-order valence-electron chi connectivity index (χ1n) is 30.7. The van der Waals surface area contributed by atoms with Crippen LogP contribution in [0.5, 0.6) is 0 Å². The molecule has 3 aliphatic carbocycles. The zero-order chi connectivity index (χ0) is 57.3. The van der Waals surface area contributed by atoms with Crippen molar-refractivity contribution in [3.05, 3.63) is 166 Å². The highest BCUT2D eigenvalue weighted by molar-refractivity contribution is 7.33. The van der Waals surface area contributed by atoms with E-state index in [1.807, 2.05) is 0 Å². The standard InChI is InChI=1S/C76H86BN3S/c1-69(2,3)45-35-46(70(4,5)6)37-48(36-45)80-64-40-49(79-60-25-21-19-23-50(60)51-24-20-22-26-61(51)79)39-63-66(64)77(68-67(80)52-41-55-58(44-65(52)81-68)76(17,18)34-31-73(55,11)12)59-42-56-57(75(15,16)33-32-74(56,13)14)43-62(59)78(63)47-27-28-53-54(38-47)72(9,10)30-29-71(53,7)8/h19-28,35-44H,29-34H2,1-18H3. The molecule has 0 unspecified atom stereocenters. The molecule has 81 heavy (non-hydrogen) atoms. The molecule has 0 fully saturated rings. The first kappa shape index (κ1) is 53.0. The summed E-state index contributed by atoms with van der Waals surface area (Å²) in [6.07, 6.45) is 7.03. The van der Waals surface area contributed by atoms with Crippen molar-refractivity contribution < 1.29 is 0 Å². The summed E-state index contributed by atoms with van der Waals surface area (Å²) in [6.45, 7) is 44.4. The number of benzene rings is 7. The minimum atomic E-state index is -0.0863. The van der Waals surface area contributed by atoms with Crippen LogP contribution in [0, 0.1) is 0 Å². The van der Waals surface area contributed by atoms with Gasteiger partial charge >= 0.3 is 0 Å². The van der Waals surface area contributed by atoms with Crippen LogP contribution in [0.2, 0.25) is 0 Å². The van der Waals surface area contributed by atoms with Gasteiger partial charge in [-0.25, -0.2) is 0 Å². The number of thiophene rings is 1. The highest BCUT2D eigenvalue weighted by Crippen LogP contribution is 2.56. The van der Waals surface area contributed by atoms with Crippen LogP contribution in [-0.2, 0) is 43.3 Å². The van der Waals surface area contributed by atoms with Gasteiger partial charge in [-0.15, -0.1) is 11.3 Å². The second-order valence-corrected chi connectivity index (χ2v) is 32.9. The lowest BCUT2D eigenvalue weighted by atomic mass is 9.35. The van der Waals surface area contributed by atoms with E-state index in [9.17, 15) is 0 Å². The summed E-state index contributed by atoms with van der Waals surface area (Å²) < 4.78 is 5.45. The molecule has 9 aromatic rings. The van der Waals surface area contributed by atoms with Gasteiger partial charge in [0.1, 0.15) is 0 Å². The van der Waals surface area contributed by atoms with Crippen LogP contribution < -0.4 is 25.5 Å². The highest BCUT2D eigenvalue weighted by Gasteiger charge is 2.50. The fourth-order valence-electron chi connectivity index (χ4n) is 15.8. The van der Waals surface area contributed by atoms with Gasteiger partial charge in [0.15, 0.2) is 0 Å². The molecule has 2 aromatic heterocycles. The van der Waals surface area contributed by atoms with Gasteiger partial charge in [-0.1, -0.05) is 179 Å². The molecule has 14 rings (SSSR count). The Bertz CT molecular complexity index is 4090. The molecular formula is C76H86BN3S. The molecule has 4 heterocycles. The summed E-state index contributed by atoms with van der Waals surface area (Å²) >= 11 is 2.09. The number of nitrogens with zero attached hydrogens (tertiary/aromatic N) is 3. The van der Waals surface area contributed by atoms with Crippen molar-refractivity contribution in [2.75, 3.05) is 9.80 Å². The van der Waals surface area contributed by atoms with Gasteiger partial charge in [-0.05, 0) is 204 Å². The maximum absolute atomic E-state index is 2.80. The average molecular weight is 1080 g/mol. The van der Waals surface area contributed by atoms with Gasteiger partial charge in [-0.2, -0.15) is 0 Å². The minimum absolute atomic E-state index is 0.0112. The summed E-state index contributed by atoms with van der Waals surface area (Å²) in [4.78, 5) is 5.57. The second-order valence-electron chi connectivity index (χ2n) is 31.8. The molecule has 0 bridgehead atoms. The first-order chi connectivity index (χ1) is 37.9. The van der Waals surface area contributed by atoms with Gasteiger partial charge in [0.25, 0.3) is 6.71 Å². The minimum Gasteiger partial charge on any atom is -0.311 e. The highest BCUT2D eigenvalue weighted by atomic mass is 32.1. The number of hydrogen-bond acceptors (Lipinski definition) is 3. The van der Waals surface area contributed by atoms with Crippen LogP contribution in [0.4, 0.5) is 34.1 Å². The lowest BCUT2D eigenvalue weighted by Crippen LogP contribution is -2.61. The summed E-state index contributed by atoms with van der Waals surface area (Å²) in [7, 11) is 0. The van der Waals surface area contributed by atoms with Crippen molar-refractivity contribution in [2.24, 2.45) is 0 Å². The summed E-state index contributed by atoms with van der Waals surface area (Å²) in [5.74, 6) is 0. The molecule has 0 saturated heterocycles. The van der Waals surface area contributed by atoms with Gasteiger partial charge in [0.05, 0.1) is 22.4 Å². The normalized spacial score (nSPS) is 19.7. The fourth-order valence-corrected chi connectivity index (χ4v) is 17.1. The third kappa shape index (κ3) is 7.77. The summed E-state index contributed by atoms with van der Waals surface area (Å²) in [5.41, 5.74) is 26.1. The molecule has 0 atom stereocenters. The van der Waals surface area contributed by atoms with Crippen molar-refractivity contribution in [3.63, 3.8) is 0 Å². The van der Waals surface area contributed by atoms with Crippen LogP contribution in [-0.4, -0.2) is 11.3 Å². The van der Waals surface area contributed by atoms with Crippen molar-refractivity contribution in [1.82, 2.24) is 4.57 Å². The summed E-state index contributed by atoms with van der Waals surface area (Å²) in [6, 6.07) is 49.6. The van der Waals surface area contributed by atoms with Crippen LogP contribution in [0.25, 0.3) is 37.6 Å². The van der Waals surface area contributed by atoms with Crippen LogP contribution >= 0.6 is 11.3 Å². The van der Waals surface area contributed by atoms with Crippen LogP contribution in [0.15, 0.2) is 121 Å². The van der Waals surface area contributed by atoms with Gasteiger partial charge in [0, 0.05) is 54.1 Å². The first-order valence-corrected chi connectivity index (χ1v) is 31.6. The van der Waals surface area contributed by atoms with E-state index in [4.69, 9.17) is 0 Å². The molecule has 2 aliphatic heterocycles. The predicted molar refractivity (Wildman–Crippen MR) is 353 cm³/mol. The smallest absolute Gasteiger partial charge is 0.264 e. The number of aromatic nitrogens is 1. The molecule has 0 saturated carbocycles. The Morgan fingerprint density at radius 1 is 0.395 bits per heavy atom. The maximum Gasteiger partial charge on any atom is 0.264 e. The molecule has 414 valence electrons. The third-order valence-corrected chi connectivity index (χ3v) is 22.6. The van der Waals surface area contributed by atoms with Crippen LogP contribution in [0.1, 0.15) is 208 Å². The average Bonchev–Trinajstić information content (AvgIpc) is 2.44. The Kier molecular flexibility index (Phi) is 11.0. The second kappa shape index (κ2) is 16.8. The maximum atomic E-state index is 2.80. The molecule has 0 radical (unpaired) electrons. The Labute approximate surface area is 489 Å². The predicted octanol–water partition coefficient (Wildman–Crippen LogP) is 19.7. The van der Waals surface area contributed by atoms with E-state index in [-0.39, 0.29) is 50.0 Å². The SMILES string of the molecule is CC(C)(C)c1cc(N2c3cc(-n4c5ccccc5c5ccccc54)cc4c3B(c3cc5c(cc3N4c3ccc4c(c3)C(C)(C)CCC4(C)C)C(C)(C)CCC5(C)C)c3sc4cc5c(cc4c32)C(C)(C)CCC5(C)C)cc(C(C)(C)C)c1. The van der Waals surface area contributed by atoms with E-state index >= 15 is 0 Å². The largest absolute Gasteiger partial charge is 0.311 e. The number of para-hydroxylation sites is 2. The molecule has 3 nitrogen and oxygen atoms in total. The molecule has 5 aliphatic rings. The topological polar surface area (TPSA) is 11.4 Å². The van der Waals surface area contributed by atoms with E-state index < -0.39 is 0 Å². The number of anilines is 6. The van der Waals surface area contributed by atoms with E-state index in [0.717, 1.165) is 12.8 Å². The summed E-state index contributed by atoms with van der Waals surface area (Å²) in [5, 5.41) is 3.94. The van der Waals surface area contributed by atoms with E-state index in [1.165, 1.54) is 158 Å². The molecular weight excluding hydrogens is 998 g/mol. The molecule has 5 heteroatoms. The van der Waals surface area contributed by atoms with Crippen molar-refractivity contribution in [1.29, 1.82) is 0 Å². The number of rotatable bonds is 3. The lowest BCUT2D eigenvalue weighted by Gasteiger charge is -2.47. The van der Waals surface area contributed by atoms with E-state index in [2.05, 4.69) is 272 Å². The van der Waals surface area contributed by atoms with E-state index in [0.29, 0.717) is 0 Å². The molecule has 0 spiro atoms. The Morgan fingerprint density at radius 2 is 0.852 bits per heavy atom. The lowest BCUT2D eigenvalue weighted by molar-refractivity contribution is 0.332. The van der Waals surface area contributed by atoms with Gasteiger partial charge < -0.3 is 14.4 Å². The van der Waals surface area contributed by atoms with Crippen molar-refractivity contribution >= 4 is 99.8 Å². The quantitative estimate of drug-likeness (QED) is 0.163.